The van der Waals surface area contributed by atoms with Crippen molar-refractivity contribution in [1.29, 1.82) is 0 Å². The van der Waals surface area contributed by atoms with Crippen molar-refractivity contribution in [3.05, 3.63) is 148 Å². The Bertz CT molecular complexity index is 1710. The number of hydrogen-bond donors (Lipinski definition) is 0. The zero-order valence-corrected chi connectivity index (χ0v) is 23.3. The number of nitro groups is 1. The van der Waals surface area contributed by atoms with Crippen LogP contribution in [0.5, 0.6) is 0 Å². The second-order valence-corrected chi connectivity index (χ2v) is 12.7. The molecule has 5 rings (SSSR count). The van der Waals surface area contributed by atoms with Crippen molar-refractivity contribution >= 4 is 51.5 Å². The molecule has 1 aliphatic rings. The van der Waals surface area contributed by atoms with Gasteiger partial charge in [0.1, 0.15) is 5.76 Å². The van der Waals surface area contributed by atoms with Crippen LogP contribution in [0.15, 0.2) is 127 Å². The van der Waals surface area contributed by atoms with E-state index in [9.17, 15) is 19.7 Å². The number of allylic oxidation sites excluding steroid dienone is 1. The monoisotopic (exact) mass is 563 g/mol. The average Bonchev–Trinajstić information content (AvgIpc) is 3.34. The third-order valence-corrected chi connectivity index (χ3v) is 11.2. The zero-order chi connectivity index (χ0) is 29.0. The van der Waals surface area contributed by atoms with Crippen molar-refractivity contribution in [1.82, 2.24) is 0 Å². The van der Waals surface area contributed by atoms with Crippen LogP contribution in [0.25, 0.3) is 5.76 Å². The number of rotatable bonds is 7. The Hall–Kier alpha value is -5.00. The van der Waals surface area contributed by atoms with Crippen LogP contribution in [-0.4, -0.2) is 29.3 Å². The number of aryl methyl sites for hydroxylation is 1. The Morgan fingerprint density at radius 1 is 0.854 bits per heavy atom. The quantitative estimate of drug-likeness (QED) is 0.103. The van der Waals surface area contributed by atoms with Gasteiger partial charge in [-0.15, -0.1) is 0 Å². The highest BCUT2D eigenvalue weighted by molar-refractivity contribution is 7.96. The molecule has 0 fully saturated rings. The number of hydrogen-bond acceptors (Lipinski definition) is 6. The van der Waals surface area contributed by atoms with Gasteiger partial charge in [-0.2, -0.15) is 0 Å². The van der Waals surface area contributed by atoms with Crippen LogP contribution in [0, 0.1) is 17.0 Å². The zero-order valence-electron chi connectivity index (χ0n) is 22.4. The second-order valence-electron chi connectivity index (χ2n) is 9.32. The largest absolute Gasteiger partial charge is 0.466 e. The number of carbonyl (C=O) groups is 2. The van der Waals surface area contributed by atoms with Crippen LogP contribution in [0.2, 0.25) is 0 Å². The number of benzene rings is 4. The molecule has 1 heterocycles. The summed E-state index contributed by atoms with van der Waals surface area (Å²) in [5.74, 6) is -1.07. The van der Waals surface area contributed by atoms with E-state index in [-0.39, 0.29) is 11.4 Å². The fourth-order valence-electron chi connectivity index (χ4n) is 4.99. The molecule has 41 heavy (non-hydrogen) atoms. The molecule has 4 aromatic rings. The molecular weight excluding hydrogens is 537 g/mol. The predicted octanol–water partition coefficient (Wildman–Crippen LogP) is 5.07. The van der Waals surface area contributed by atoms with E-state index in [4.69, 9.17) is 9.47 Å². The summed E-state index contributed by atoms with van der Waals surface area (Å²) in [6, 6.07) is 33.5. The molecule has 4 aromatic carbocycles. The van der Waals surface area contributed by atoms with Gasteiger partial charge in [-0.25, -0.2) is 9.59 Å². The molecule has 0 spiro atoms. The topological polar surface area (TPSA) is 95.7 Å². The van der Waals surface area contributed by atoms with E-state index < -0.39 is 23.7 Å². The molecule has 0 saturated heterocycles. The maximum absolute atomic E-state index is 14.2. The highest BCUT2D eigenvalue weighted by Crippen LogP contribution is 2.51. The van der Waals surface area contributed by atoms with Gasteiger partial charge in [0.25, 0.3) is 5.69 Å². The van der Waals surface area contributed by atoms with Crippen molar-refractivity contribution < 1.29 is 24.0 Å². The summed E-state index contributed by atoms with van der Waals surface area (Å²) in [4.78, 5) is 37.5. The Morgan fingerprint density at radius 2 is 1.44 bits per heavy atom. The van der Waals surface area contributed by atoms with Crippen LogP contribution in [0.3, 0.4) is 0 Å². The molecule has 7 nitrogen and oxygen atoms in total. The van der Waals surface area contributed by atoms with Crippen molar-refractivity contribution in [3.8, 4) is 0 Å². The summed E-state index contributed by atoms with van der Waals surface area (Å²) in [5.41, 5.74) is 1.62. The van der Waals surface area contributed by atoms with E-state index in [1.165, 1.54) is 37.5 Å². The first-order chi connectivity index (χ1) is 19.9. The van der Waals surface area contributed by atoms with E-state index in [0.717, 1.165) is 21.5 Å². The lowest BCUT2D eigenvalue weighted by molar-refractivity contribution is -0.384. The summed E-state index contributed by atoms with van der Waals surface area (Å²) in [6.07, 6.45) is 2.74. The third-order valence-electron chi connectivity index (χ3n) is 6.84. The van der Waals surface area contributed by atoms with E-state index in [1.807, 2.05) is 91.9 Å². The summed E-state index contributed by atoms with van der Waals surface area (Å²) in [7, 11) is 1.26. The number of ether oxygens (including phenoxy) is 2. The number of nitro benzene ring substituents is 1. The average molecular weight is 564 g/mol. The molecule has 0 unspecified atom stereocenters. The Labute approximate surface area is 237 Å². The van der Waals surface area contributed by atoms with Crippen molar-refractivity contribution in [2.24, 2.45) is 0 Å². The van der Waals surface area contributed by atoms with Crippen LogP contribution in [0.4, 0.5) is 5.69 Å². The van der Waals surface area contributed by atoms with Gasteiger partial charge in [-0.1, -0.05) is 103 Å². The fraction of sp³-hybridized carbons (Fsp3) is 0.0606. The third kappa shape index (κ3) is 5.15. The number of carbonyl (C=O) groups excluding carboxylic acids is 2. The summed E-state index contributed by atoms with van der Waals surface area (Å²) < 4.78 is 10.8. The predicted molar refractivity (Wildman–Crippen MR) is 162 cm³/mol. The molecule has 0 aromatic heterocycles. The lowest BCUT2D eigenvalue weighted by Crippen LogP contribution is -2.33. The standard InChI is InChI=1S/C33H26NO6P/c1-23-16-18-28(19-17-23)41(26-12-5-3-6-13-26,27-14-7-4-8-15-27)32-29(20-21-30(35)39-2)31(40-33(32)36)24-10-9-11-25(22-24)34(37)38/h3-22H,1-2H3/b21-20+. The van der Waals surface area contributed by atoms with Gasteiger partial charge in [0.05, 0.1) is 17.3 Å². The molecule has 1 aliphatic heterocycles. The first-order valence-corrected chi connectivity index (χ1v) is 14.6. The molecule has 0 saturated carbocycles. The summed E-state index contributed by atoms with van der Waals surface area (Å²) in [6.45, 7) is -0.946. The molecule has 0 aliphatic carbocycles. The van der Waals surface area contributed by atoms with Crippen LogP contribution in [0.1, 0.15) is 11.1 Å². The second kappa shape index (κ2) is 11.6. The summed E-state index contributed by atoms with van der Waals surface area (Å²) >= 11 is 0. The Kier molecular flexibility index (Phi) is 7.81. The molecule has 0 N–H and O–H groups in total. The van der Waals surface area contributed by atoms with Gasteiger partial charge in [0.15, 0.2) is 0 Å². The number of cyclic esters (lactones) is 1. The van der Waals surface area contributed by atoms with Crippen LogP contribution < -0.4 is 15.9 Å². The minimum atomic E-state index is -2.94. The van der Waals surface area contributed by atoms with E-state index >= 15 is 0 Å². The van der Waals surface area contributed by atoms with Crippen LogP contribution >= 0.6 is 6.89 Å². The molecular formula is C33H26NO6P. The van der Waals surface area contributed by atoms with Crippen molar-refractivity contribution in [2.75, 3.05) is 7.11 Å². The lowest BCUT2D eigenvalue weighted by atomic mass is 10.1. The first-order valence-electron chi connectivity index (χ1n) is 12.8. The Balaban J connectivity index is 2.01. The molecule has 0 atom stereocenters. The lowest BCUT2D eigenvalue weighted by Gasteiger charge is -2.31. The maximum atomic E-state index is 14.2. The maximum Gasteiger partial charge on any atom is 0.345 e. The van der Waals surface area contributed by atoms with Gasteiger partial charge in [-0.05, 0) is 35.8 Å². The SMILES string of the molecule is COC(=O)/C=C/C1=C(c2cccc([N+](=O)[O-])c2)OC(=O)C1=P(c1ccccc1)(c1ccccc1)c1ccc(C)cc1. The number of non-ortho nitro benzene ring substituents is 1. The van der Waals surface area contributed by atoms with Crippen molar-refractivity contribution in [2.45, 2.75) is 6.92 Å². The molecule has 0 radical (unpaired) electrons. The van der Waals surface area contributed by atoms with E-state index in [2.05, 4.69) is 0 Å². The Morgan fingerprint density at radius 3 is 2.00 bits per heavy atom. The van der Waals surface area contributed by atoms with Gasteiger partial charge < -0.3 is 9.47 Å². The highest BCUT2D eigenvalue weighted by atomic mass is 31.2. The fourth-order valence-corrected chi connectivity index (χ4v) is 9.35. The highest BCUT2D eigenvalue weighted by Gasteiger charge is 2.41. The first kappa shape index (κ1) is 27.6. The normalized spacial score (nSPS) is 13.4. The minimum Gasteiger partial charge on any atom is -0.466 e. The number of methoxy groups -OCH3 is 1. The molecule has 8 heteroatoms. The van der Waals surface area contributed by atoms with Gasteiger partial charge >= 0.3 is 11.9 Å². The van der Waals surface area contributed by atoms with Gasteiger partial charge in [0, 0.05) is 29.3 Å². The summed E-state index contributed by atoms with van der Waals surface area (Å²) in [5, 5.41) is 14.7. The van der Waals surface area contributed by atoms with Gasteiger partial charge in [-0.3, -0.25) is 10.1 Å². The van der Waals surface area contributed by atoms with E-state index in [1.54, 1.807) is 6.07 Å². The van der Waals surface area contributed by atoms with Gasteiger partial charge in [0.2, 0.25) is 0 Å². The minimum absolute atomic E-state index is 0.136. The number of esters is 2. The smallest absolute Gasteiger partial charge is 0.345 e. The van der Waals surface area contributed by atoms with Crippen LogP contribution in [-0.2, 0) is 19.1 Å². The van der Waals surface area contributed by atoms with Crippen molar-refractivity contribution in [3.63, 3.8) is 0 Å². The molecule has 0 amide bonds. The molecule has 0 bridgehead atoms. The van der Waals surface area contributed by atoms with E-state index in [0.29, 0.717) is 16.4 Å². The number of nitrogens with zero attached hydrogens (tertiary/aromatic N) is 1. The molecule has 204 valence electrons.